The number of aromatic nitrogens is 1. The average molecular weight is 225 g/mol. The number of pyridine rings is 1. The molecule has 4 heteroatoms. The van der Waals surface area contributed by atoms with E-state index in [0.29, 0.717) is 5.56 Å². The van der Waals surface area contributed by atoms with E-state index in [-0.39, 0.29) is 11.9 Å². The molecule has 16 heavy (non-hydrogen) atoms. The Kier molecular flexibility index (Phi) is 5.35. The molecule has 0 spiro atoms. The van der Waals surface area contributed by atoms with E-state index in [1.54, 1.807) is 12.3 Å². The Labute approximate surface area is 96.5 Å². The molecule has 0 radical (unpaired) electrons. The molecule has 0 fully saturated rings. The van der Waals surface area contributed by atoms with Gasteiger partial charge in [-0.15, -0.1) is 0 Å². The largest absolute Gasteiger partial charge is 0.324 e. The highest BCUT2D eigenvalue weighted by atomic mass is 19.1. The molecule has 1 aromatic heterocycles. The summed E-state index contributed by atoms with van der Waals surface area (Å²) in [4.78, 5) is 5.99. The fourth-order valence-corrected chi connectivity index (χ4v) is 1.70. The fraction of sp³-hybridized carbons (Fsp3) is 0.583. The SMILES string of the molecule is CCN(CC)CCC(N)c1ccncc1F. The number of hydrogen-bond donors (Lipinski definition) is 1. The zero-order valence-electron chi connectivity index (χ0n) is 9.99. The van der Waals surface area contributed by atoms with Crippen LogP contribution in [0.2, 0.25) is 0 Å². The van der Waals surface area contributed by atoms with Gasteiger partial charge in [-0.2, -0.15) is 0 Å². The van der Waals surface area contributed by atoms with Crippen LogP contribution in [0.3, 0.4) is 0 Å². The summed E-state index contributed by atoms with van der Waals surface area (Å²) < 4.78 is 13.4. The molecule has 1 rings (SSSR count). The van der Waals surface area contributed by atoms with Gasteiger partial charge in [-0.25, -0.2) is 4.39 Å². The molecule has 0 saturated heterocycles. The van der Waals surface area contributed by atoms with Gasteiger partial charge in [-0.1, -0.05) is 13.8 Å². The van der Waals surface area contributed by atoms with Crippen LogP contribution in [0.1, 0.15) is 31.9 Å². The van der Waals surface area contributed by atoms with Crippen LogP contribution < -0.4 is 5.73 Å². The van der Waals surface area contributed by atoms with Crippen molar-refractivity contribution >= 4 is 0 Å². The van der Waals surface area contributed by atoms with E-state index in [0.717, 1.165) is 26.1 Å². The van der Waals surface area contributed by atoms with Gasteiger partial charge in [-0.05, 0) is 32.1 Å². The first-order valence-corrected chi connectivity index (χ1v) is 5.76. The minimum Gasteiger partial charge on any atom is -0.324 e. The summed E-state index contributed by atoms with van der Waals surface area (Å²) in [6.07, 6.45) is 3.56. The van der Waals surface area contributed by atoms with Crippen LogP contribution in [-0.2, 0) is 0 Å². The number of halogens is 1. The Balaban J connectivity index is 2.52. The molecule has 90 valence electrons. The molecular weight excluding hydrogens is 205 g/mol. The van der Waals surface area contributed by atoms with Gasteiger partial charge in [0.15, 0.2) is 0 Å². The van der Waals surface area contributed by atoms with Crippen LogP contribution in [0.5, 0.6) is 0 Å². The molecule has 0 aliphatic carbocycles. The molecule has 3 nitrogen and oxygen atoms in total. The Hall–Kier alpha value is -1.00. The predicted octanol–water partition coefficient (Wildman–Crippen LogP) is 1.95. The van der Waals surface area contributed by atoms with E-state index >= 15 is 0 Å². The van der Waals surface area contributed by atoms with Gasteiger partial charge in [0.05, 0.1) is 6.20 Å². The summed E-state index contributed by atoms with van der Waals surface area (Å²) in [5, 5.41) is 0. The normalized spacial score (nSPS) is 13.1. The quantitative estimate of drug-likeness (QED) is 0.804. The average Bonchev–Trinajstić information content (AvgIpc) is 2.30. The second-order valence-electron chi connectivity index (χ2n) is 3.82. The van der Waals surface area contributed by atoms with Crippen molar-refractivity contribution in [2.75, 3.05) is 19.6 Å². The summed E-state index contributed by atoms with van der Waals surface area (Å²) in [6.45, 7) is 7.13. The Bertz CT molecular complexity index is 313. The summed E-state index contributed by atoms with van der Waals surface area (Å²) in [6, 6.07) is 1.41. The van der Waals surface area contributed by atoms with Crippen LogP contribution in [0.15, 0.2) is 18.5 Å². The zero-order chi connectivity index (χ0) is 12.0. The van der Waals surface area contributed by atoms with Crippen molar-refractivity contribution in [1.29, 1.82) is 0 Å². The lowest BCUT2D eigenvalue weighted by atomic mass is 10.1. The first kappa shape index (κ1) is 13.1. The lowest BCUT2D eigenvalue weighted by Crippen LogP contribution is -2.27. The maximum atomic E-state index is 13.4. The highest BCUT2D eigenvalue weighted by molar-refractivity contribution is 5.16. The van der Waals surface area contributed by atoms with Crippen LogP contribution in [0, 0.1) is 5.82 Å². The van der Waals surface area contributed by atoms with Crippen molar-refractivity contribution in [1.82, 2.24) is 9.88 Å². The molecular formula is C12H20FN3. The summed E-state index contributed by atoms with van der Waals surface area (Å²) in [5.41, 5.74) is 6.52. The maximum absolute atomic E-state index is 13.4. The second-order valence-corrected chi connectivity index (χ2v) is 3.82. The van der Waals surface area contributed by atoms with Gasteiger partial charge < -0.3 is 10.6 Å². The Morgan fingerprint density at radius 3 is 2.69 bits per heavy atom. The maximum Gasteiger partial charge on any atom is 0.146 e. The summed E-state index contributed by atoms with van der Waals surface area (Å²) in [5.74, 6) is -0.311. The number of nitrogens with zero attached hydrogens (tertiary/aromatic N) is 2. The number of nitrogens with two attached hydrogens (primary N) is 1. The molecule has 1 atom stereocenters. The van der Waals surface area contributed by atoms with E-state index in [4.69, 9.17) is 5.73 Å². The highest BCUT2D eigenvalue weighted by Crippen LogP contribution is 2.16. The van der Waals surface area contributed by atoms with Gasteiger partial charge in [0.2, 0.25) is 0 Å². The fourth-order valence-electron chi connectivity index (χ4n) is 1.70. The molecule has 2 N–H and O–H groups in total. The molecule has 1 aromatic rings. The molecule has 0 amide bonds. The third-order valence-electron chi connectivity index (χ3n) is 2.85. The van der Waals surface area contributed by atoms with Gasteiger partial charge >= 0.3 is 0 Å². The van der Waals surface area contributed by atoms with Gasteiger partial charge in [-0.3, -0.25) is 4.98 Å². The van der Waals surface area contributed by atoms with Gasteiger partial charge in [0.25, 0.3) is 0 Å². The molecule has 0 saturated carbocycles. The molecule has 0 aliphatic rings. The van der Waals surface area contributed by atoms with Crippen molar-refractivity contribution in [3.8, 4) is 0 Å². The second kappa shape index (κ2) is 6.55. The predicted molar refractivity (Wildman–Crippen MR) is 63.5 cm³/mol. The molecule has 1 unspecified atom stereocenters. The van der Waals surface area contributed by atoms with Crippen molar-refractivity contribution in [2.24, 2.45) is 5.73 Å². The monoisotopic (exact) mass is 225 g/mol. The minimum absolute atomic E-state index is 0.247. The van der Waals surface area contributed by atoms with E-state index in [1.165, 1.54) is 6.20 Å². The van der Waals surface area contributed by atoms with Crippen molar-refractivity contribution in [2.45, 2.75) is 26.3 Å². The first-order chi connectivity index (χ1) is 7.69. The third-order valence-corrected chi connectivity index (χ3v) is 2.85. The van der Waals surface area contributed by atoms with Crippen molar-refractivity contribution in [3.05, 3.63) is 29.8 Å². The van der Waals surface area contributed by atoms with E-state index in [9.17, 15) is 4.39 Å². The zero-order valence-corrected chi connectivity index (χ0v) is 9.99. The topological polar surface area (TPSA) is 42.1 Å². The highest BCUT2D eigenvalue weighted by Gasteiger charge is 2.12. The Morgan fingerprint density at radius 2 is 2.12 bits per heavy atom. The van der Waals surface area contributed by atoms with Crippen LogP contribution in [0.4, 0.5) is 4.39 Å². The van der Waals surface area contributed by atoms with E-state index in [1.807, 2.05) is 0 Å². The summed E-state index contributed by atoms with van der Waals surface area (Å²) >= 11 is 0. The van der Waals surface area contributed by atoms with E-state index < -0.39 is 0 Å². The molecule has 0 aromatic carbocycles. The Morgan fingerprint density at radius 1 is 1.44 bits per heavy atom. The van der Waals surface area contributed by atoms with Crippen LogP contribution in [-0.4, -0.2) is 29.5 Å². The van der Waals surface area contributed by atoms with Crippen molar-refractivity contribution in [3.63, 3.8) is 0 Å². The molecule has 1 heterocycles. The summed E-state index contributed by atoms with van der Waals surface area (Å²) in [7, 11) is 0. The number of hydrogen-bond acceptors (Lipinski definition) is 3. The smallest absolute Gasteiger partial charge is 0.146 e. The van der Waals surface area contributed by atoms with Crippen LogP contribution >= 0.6 is 0 Å². The first-order valence-electron chi connectivity index (χ1n) is 5.76. The lowest BCUT2D eigenvalue weighted by molar-refractivity contribution is 0.290. The number of rotatable bonds is 6. The standard InChI is InChI=1S/C12H20FN3/c1-3-16(4-2)8-6-12(14)10-5-7-15-9-11(10)13/h5,7,9,12H,3-4,6,8,14H2,1-2H3. The lowest BCUT2D eigenvalue weighted by Gasteiger charge is -2.20. The minimum atomic E-state index is -0.311. The van der Waals surface area contributed by atoms with Gasteiger partial charge in [0, 0.05) is 17.8 Å². The molecule has 0 bridgehead atoms. The van der Waals surface area contributed by atoms with Gasteiger partial charge in [0.1, 0.15) is 5.82 Å². The van der Waals surface area contributed by atoms with Crippen molar-refractivity contribution < 1.29 is 4.39 Å². The molecule has 0 aliphatic heterocycles. The third kappa shape index (κ3) is 3.54. The van der Waals surface area contributed by atoms with Crippen LogP contribution in [0.25, 0.3) is 0 Å². The van der Waals surface area contributed by atoms with E-state index in [2.05, 4.69) is 23.7 Å².